The Balaban J connectivity index is 1.88. The third-order valence-corrected chi connectivity index (χ3v) is 3.22. The molecule has 2 aliphatic heterocycles. The first-order valence-corrected chi connectivity index (χ1v) is 5.51. The number of hydrogen-bond acceptors (Lipinski definition) is 2. The first kappa shape index (κ1) is 9.51. The predicted molar refractivity (Wildman–Crippen MR) is 59.5 cm³/mol. The van der Waals surface area contributed by atoms with Crippen LogP contribution in [-0.4, -0.2) is 31.1 Å². The largest absolute Gasteiger partial charge is 0.493 e. The molecule has 2 amide bonds. The highest BCUT2D eigenvalue weighted by molar-refractivity contribution is 5.76. The van der Waals surface area contributed by atoms with Crippen LogP contribution in [0, 0.1) is 0 Å². The summed E-state index contributed by atoms with van der Waals surface area (Å²) in [7, 11) is 1.81. The van der Waals surface area contributed by atoms with E-state index in [0.717, 1.165) is 25.3 Å². The molecule has 84 valence electrons. The zero-order chi connectivity index (χ0) is 11.1. The van der Waals surface area contributed by atoms with Gasteiger partial charge in [0.25, 0.3) is 0 Å². The minimum atomic E-state index is 0.00162. The van der Waals surface area contributed by atoms with Crippen LogP contribution in [0.25, 0.3) is 0 Å². The third kappa shape index (κ3) is 1.41. The quantitative estimate of drug-likeness (QED) is 0.772. The van der Waals surface area contributed by atoms with Crippen molar-refractivity contribution in [1.29, 1.82) is 0 Å². The van der Waals surface area contributed by atoms with Crippen molar-refractivity contribution in [1.82, 2.24) is 10.2 Å². The van der Waals surface area contributed by atoms with Gasteiger partial charge in [0.2, 0.25) is 0 Å². The highest BCUT2D eigenvalue weighted by Gasteiger charge is 2.27. The molecule has 0 aromatic heterocycles. The summed E-state index contributed by atoms with van der Waals surface area (Å²) in [6.45, 7) is 1.51. The molecule has 0 saturated carbocycles. The molecular weight excluding hydrogens is 204 g/mol. The highest BCUT2D eigenvalue weighted by atomic mass is 16.5. The lowest BCUT2D eigenvalue weighted by atomic mass is 10.0. The summed E-state index contributed by atoms with van der Waals surface area (Å²) < 4.78 is 5.46. The molecule has 2 aliphatic rings. The van der Waals surface area contributed by atoms with Crippen LogP contribution < -0.4 is 10.1 Å². The van der Waals surface area contributed by atoms with E-state index in [2.05, 4.69) is 11.4 Å². The topological polar surface area (TPSA) is 41.6 Å². The van der Waals surface area contributed by atoms with E-state index >= 15 is 0 Å². The van der Waals surface area contributed by atoms with E-state index in [-0.39, 0.29) is 12.1 Å². The third-order valence-electron chi connectivity index (χ3n) is 3.22. The van der Waals surface area contributed by atoms with Gasteiger partial charge in [0.1, 0.15) is 5.75 Å². The standard InChI is InChI=1S/C12H14N2O2/c1-14-7-10(13-12(14)15)8-2-3-11-9(6-8)4-5-16-11/h2-3,6,10H,4-5,7H2,1H3,(H,13,15). The monoisotopic (exact) mass is 218 g/mol. The molecule has 0 radical (unpaired) electrons. The smallest absolute Gasteiger partial charge is 0.317 e. The maximum Gasteiger partial charge on any atom is 0.317 e. The Morgan fingerprint density at radius 3 is 3.12 bits per heavy atom. The zero-order valence-corrected chi connectivity index (χ0v) is 9.19. The van der Waals surface area contributed by atoms with Crippen molar-refractivity contribution in [2.45, 2.75) is 12.5 Å². The van der Waals surface area contributed by atoms with E-state index in [1.54, 1.807) is 4.90 Å². The van der Waals surface area contributed by atoms with Crippen molar-refractivity contribution in [3.63, 3.8) is 0 Å². The second kappa shape index (κ2) is 3.40. The van der Waals surface area contributed by atoms with Crippen molar-refractivity contribution < 1.29 is 9.53 Å². The molecule has 0 spiro atoms. The number of rotatable bonds is 1. The molecule has 1 aromatic rings. The molecule has 1 unspecified atom stereocenters. The lowest BCUT2D eigenvalue weighted by Gasteiger charge is -2.10. The van der Waals surface area contributed by atoms with Crippen molar-refractivity contribution in [2.75, 3.05) is 20.2 Å². The van der Waals surface area contributed by atoms with Crippen LogP contribution in [0.15, 0.2) is 18.2 Å². The molecule has 0 aliphatic carbocycles. The Morgan fingerprint density at radius 1 is 1.50 bits per heavy atom. The molecule has 1 atom stereocenters. The summed E-state index contributed by atoms with van der Waals surface area (Å²) in [5.74, 6) is 0.987. The fourth-order valence-corrected chi connectivity index (χ4v) is 2.27. The van der Waals surface area contributed by atoms with Gasteiger partial charge in [-0.2, -0.15) is 0 Å². The highest BCUT2D eigenvalue weighted by Crippen LogP contribution is 2.29. The number of nitrogens with one attached hydrogen (secondary N) is 1. The fourth-order valence-electron chi connectivity index (χ4n) is 2.27. The van der Waals surface area contributed by atoms with Gasteiger partial charge in [0.15, 0.2) is 0 Å². The minimum Gasteiger partial charge on any atom is -0.493 e. The van der Waals surface area contributed by atoms with Crippen LogP contribution in [0.4, 0.5) is 4.79 Å². The fraction of sp³-hybridized carbons (Fsp3) is 0.417. The molecule has 2 heterocycles. The van der Waals surface area contributed by atoms with Gasteiger partial charge in [-0.1, -0.05) is 6.07 Å². The average molecular weight is 218 g/mol. The van der Waals surface area contributed by atoms with Gasteiger partial charge in [-0.15, -0.1) is 0 Å². The van der Waals surface area contributed by atoms with Gasteiger partial charge in [0, 0.05) is 20.0 Å². The van der Waals surface area contributed by atoms with Crippen molar-refractivity contribution >= 4 is 6.03 Å². The lowest BCUT2D eigenvalue weighted by Crippen LogP contribution is -2.23. The average Bonchev–Trinajstić information content (AvgIpc) is 2.85. The van der Waals surface area contributed by atoms with E-state index in [9.17, 15) is 4.79 Å². The molecule has 4 nitrogen and oxygen atoms in total. The van der Waals surface area contributed by atoms with E-state index in [0.29, 0.717) is 0 Å². The Kier molecular flexibility index (Phi) is 2.02. The Labute approximate surface area is 94.2 Å². The van der Waals surface area contributed by atoms with Crippen LogP contribution in [0.5, 0.6) is 5.75 Å². The summed E-state index contributed by atoms with van der Waals surface area (Å²) in [5, 5.41) is 2.96. The molecule has 3 rings (SSSR count). The Bertz CT molecular complexity index is 445. The van der Waals surface area contributed by atoms with Crippen molar-refractivity contribution in [3.8, 4) is 5.75 Å². The summed E-state index contributed by atoms with van der Waals surface area (Å²) in [6, 6.07) is 6.30. The number of fused-ring (bicyclic) bond motifs is 1. The molecule has 0 bridgehead atoms. The van der Waals surface area contributed by atoms with Crippen LogP contribution in [-0.2, 0) is 6.42 Å². The van der Waals surface area contributed by atoms with Crippen LogP contribution >= 0.6 is 0 Å². The summed E-state index contributed by atoms with van der Waals surface area (Å²) >= 11 is 0. The number of carbonyl (C=O) groups excluding carboxylic acids is 1. The lowest BCUT2D eigenvalue weighted by molar-refractivity contribution is 0.226. The minimum absolute atomic E-state index is 0.00162. The number of ether oxygens (including phenoxy) is 1. The summed E-state index contributed by atoms with van der Waals surface area (Å²) in [4.78, 5) is 13.1. The Morgan fingerprint density at radius 2 is 2.38 bits per heavy atom. The van der Waals surface area contributed by atoms with Crippen LogP contribution in [0.2, 0.25) is 0 Å². The maximum absolute atomic E-state index is 11.4. The number of likely N-dealkylation sites (N-methyl/N-ethyl adjacent to an activating group) is 1. The number of nitrogens with zero attached hydrogens (tertiary/aromatic N) is 1. The number of carbonyl (C=O) groups is 1. The van der Waals surface area contributed by atoms with Gasteiger partial charge >= 0.3 is 6.03 Å². The van der Waals surface area contributed by atoms with Crippen molar-refractivity contribution in [3.05, 3.63) is 29.3 Å². The van der Waals surface area contributed by atoms with E-state index in [1.807, 2.05) is 19.2 Å². The number of urea groups is 1. The number of hydrogen-bond donors (Lipinski definition) is 1. The number of amides is 2. The first-order valence-electron chi connectivity index (χ1n) is 5.51. The van der Waals surface area contributed by atoms with E-state index in [4.69, 9.17) is 4.74 Å². The van der Waals surface area contributed by atoms with E-state index < -0.39 is 0 Å². The van der Waals surface area contributed by atoms with Gasteiger partial charge in [-0.3, -0.25) is 0 Å². The molecule has 16 heavy (non-hydrogen) atoms. The predicted octanol–water partition coefficient (Wildman–Crippen LogP) is 1.32. The van der Waals surface area contributed by atoms with Gasteiger partial charge in [-0.05, 0) is 23.3 Å². The zero-order valence-electron chi connectivity index (χ0n) is 9.19. The van der Waals surface area contributed by atoms with Crippen LogP contribution in [0.1, 0.15) is 17.2 Å². The second-order valence-electron chi connectivity index (χ2n) is 4.35. The Hall–Kier alpha value is -1.71. The SMILES string of the molecule is CN1CC(c2ccc3c(c2)CCO3)NC1=O. The number of benzene rings is 1. The summed E-state index contributed by atoms with van der Waals surface area (Å²) in [5.41, 5.74) is 2.42. The molecule has 1 N–H and O–H groups in total. The van der Waals surface area contributed by atoms with Gasteiger partial charge in [-0.25, -0.2) is 4.79 Å². The van der Waals surface area contributed by atoms with E-state index in [1.165, 1.54) is 11.1 Å². The molecule has 1 saturated heterocycles. The molecular formula is C12H14N2O2. The maximum atomic E-state index is 11.4. The molecule has 4 heteroatoms. The summed E-state index contributed by atoms with van der Waals surface area (Å²) in [6.07, 6.45) is 0.972. The van der Waals surface area contributed by atoms with Crippen LogP contribution in [0.3, 0.4) is 0 Å². The molecule has 1 fully saturated rings. The van der Waals surface area contributed by atoms with Gasteiger partial charge in [0.05, 0.1) is 12.6 Å². The normalized spacial score (nSPS) is 22.9. The van der Waals surface area contributed by atoms with Crippen molar-refractivity contribution in [2.24, 2.45) is 0 Å². The first-order chi connectivity index (χ1) is 7.74. The second-order valence-corrected chi connectivity index (χ2v) is 4.35. The van der Waals surface area contributed by atoms with Gasteiger partial charge < -0.3 is 15.0 Å². The molecule has 1 aromatic carbocycles.